The lowest BCUT2D eigenvalue weighted by molar-refractivity contribution is -0.147. The second-order valence-electron chi connectivity index (χ2n) is 6.09. The smallest absolute Gasteiger partial charge is 0.308 e. The molecule has 0 aliphatic carbocycles. The molecule has 3 aromatic rings. The lowest BCUT2D eigenvalue weighted by Gasteiger charge is -2.13. The van der Waals surface area contributed by atoms with E-state index in [0.717, 1.165) is 11.7 Å². The van der Waals surface area contributed by atoms with Crippen molar-refractivity contribution in [1.82, 2.24) is 14.1 Å². The maximum atomic E-state index is 12.1. The number of hydrogen-bond acceptors (Lipinski definition) is 7. The van der Waals surface area contributed by atoms with Gasteiger partial charge in [0.05, 0.1) is 23.8 Å². The first-order chi connectivity index (χ1) is 13.5. The first-order valence-corrected chi connectivity index (χ1v) is 9.28. The van der Waals surface area contributed by atoms with E-state index in [2.05, 4.69) is 19.4 Å². The average Bonchev–Trinajstić information content (AvgIpc) is 3.17. The number of nitrogens with one attached hydrogen (secondary N) is 2. The number of hydrogen-bond donors (Lipinski definition) is 2. The molecule has 8 nitrogen and oxygen atoms in total. The molecule has 2 amide bonds. The van der Waals surface area contributed by atoms with E-state index in [1.54, 1.807) is 49.4 Å². The number of nitrogens with zero attached hydrogens (tertiary/aromatic N) is 2. The highest BCUT2D eigenvalue weighted by Gasteiger charge is 2.16. The Kier molecular flexibility index (Phi) is 6.28. The maximum Gasteiger partial charge on any atom is 0.308 e. The number of carbonyl (C=O) groups excluding carboxylic acids is 3. The van der Waals surface area contributed by atoms with E-state index in [0.29, 0.717) is 22.3 Å². The summed E-state index contributed by atoms with van der Waals surface area (Å²) < 4.78 is 13.2. The molecule has 0 spiro atoms. The van der Waals surface area contributed by atoms with Crippen molar-refractivity contribution in [2.75, 3.05) is 11.9 Å². The van der Waals surface area contributed by atoms with Crippen molar-refractivity contribution in [2.45, 2.75) is 19.4 Å². The molecule has 28 heavy (non-hydrogen) atoms. The fraction of sp³-hybridized carbons (Fsp3) is 0.211. The number of benzene rings is 2. The summed E-state index contributed by atoms with van der Waals surface area (Å²) in [4.78, 5) is 36.0. The highest BCUT2D eigenvalue weighted by Crippen LogP contribution is 2.20. The monoisotopic (exact) mass is 398 g/mol. The molecule has 1 aromatic heterocycles. The van der Waals surface area contributed by atoms with Crippen LogP contribution in [0.5, 0.6) is 0 Å². The second-order valence-corrected chi connectivity index (χ2v) is 6.62. The summed E-state index contributed by atoms with van der Waals surface area (Å²) in [5.41, 5.74) is 2.29. The first-order valence-electron chi connectivity index (χ1n) is 8.55. The van der Waals surface area contributed by atoms with Crippen molar-refractivity contribution in [3.05, 3.63) is 54.1 Å². The largest absolute Gasteiger partial charge is 0.455 e. The molecule has 1 heterocycles. The fourth-order valence-corrected chi connectivity index (χ4v) is 3.05. The summed E-state index contributed by atoms with van der Waals surface area (Å²) in [6.07, 6.45) is -0.0442. The summed E-state index contributed by atoms with van der Waals surface area (Å²) in [5, 5.41) is 5.37. The van der Waals surface area contributed by atoms with Gasteiger partial charge < -0.3 is 15.4 Å². The van der Waals surface area contributed by atoms with Gasteiger partial charge in [0.25, 0.3) is 11.8 Å². The predicted octanol–water partition coefficient (Wildman–Crippen LogP) is 2.38. The summed E-state index contributed by atoms with van der Waals surface area (Å²) in [7, 11) is 0. The molecule has 0 saturated heterocycles. The molecule has 0 saturated carbocycles. The number of fused-ring (bicyclic) bond motifs is 1. The number of amides is 2. The Labute approximate surface area is 165 Å². The van der Waals surface area contributed by atoms with Crippen LogP contribution in [-0.2, 0) is 14.3 Å². The van der Waals surface area contributed by atoms with Gasteiger partial charge in [-0.15, -0.1) is 0 Å². The van der Waals surface area contributed by atoms with Crippen molar-refractivity contribution in [3.63, 3.8) is 0 Å². The third kappa shape index (κ3) is 5.10. The number of aromatic nitrogens is 2. The molecule has 0 bridgehead atoms. The molecule has 1 atom stereocenters. The molecule has 0 fully saturated rings. The molecule has 9 heteroatoms. The van der Waals surface area contributed by atoms with Gasteiger partial charge in [-0.1, -0.05) is 24.3 Å². The third-order valence-electron chi connectivity index (χ3n) is 3.81. The van der Waals surface area contributed by atoms with Crippen molar-refractivity contribution in [3.8, 4) is 0 Å². The summed E-state index contributed by atoms with van der Waals surface area (Å²) >= 11 is 1.05. The van der Waals surface area contributed by atoms with E-state index in [9.17, 15) is 14.4 Å². The van der Waals surface area contributed by atoms with Gasteiger partial charge in [-0.2, -0.15) is 8.75 Å². The normalized spacial score (nSPS) is 11.6. The summed E-state index contributed by atoms with van der Waals surface area (Å²) in [6, 6.07) is 13.5. The predicted molar refractivity (Wildman–Crippen MR) is 105 cm³/mol. The number of anilines is 1. The lowest BCUT2D eigenvalue weighted by atomic mass is 10.2. The lowest BCUT2D eigenvalue weighted by Crippen LogP contribution is -2.35. The summed E-state index contributed by atoms with van der Waals surface area (Å²) in [6.45, 7) is 1.27. The molecule has 0 aliphatic heterocycles. The second kappa shape index (κ2) is 9.05. The van der Waals surface area contributed by atoms with Gasteiger partial charge in [-0.3, -0.25) is 14.4 Å². The van der Waals surface area contributed by atoms with Gasteiger partial charge in [0.15, 0.2) is 6.61 Å². The third-order valence-corrected chi connectivity index (χ3v) is 4.35. The van der Waals surface area contributed by atoms with Crippen LogP contribution in [0.1, 0.15) is 23.7 Å². The zero-order valence-corrected chi connectivity index (χ0v) is 15.9. The SMILES string of the molecule is CC(CC(=O)OCC(=O)Nc1cccc2nsnc12)NC(=O)c1ccccc1. The van der Waals surface area contributed by atoms with Crippen molar-refractivity contribution in [1.29, 1.82) is 0 Å². The quantitative estimate of drug-likeness (QED) is 0.591. The van der Waals surface area contributed by atoms with Crippen LogP contribution in [0.4, 0.5) is 5.69 Å². The van der Waals surface area contributed by atoms with Gasteiger partial charge in [-0.05, 0) is 31.2 Å². The first kappa shape index (κ1) is 19.4. The van der Waals surface area contributed by atoms with Crippen LogP contribution in [0.15, 0.2) is 48.5 Å². The number of carbonyl (C=O) groups is 3. The number of rotatable bonds is 7. The molecule has 3 rings (SSSR count). The Morgan fingerprint density at radius 1 is 1.07 bits per heavy atom. The molecule has 1 unspecified atom stereocenters. The van der Waals surface area contributed by atoms with Crippen LogP contribution in [-0.4, -0.2) is 39.2 Å². The van der Waals surface area contributed by atoms with E-state index in [1.165, 1.54) is 0 Å². The van der Waals surface area contributed by atoms with Gasteiger partial charge >= 0.3 is 5.97 Å². The Morgan fingerprint density at radius 3 is 2.64 bits per heavy atom. The minimum Gasteiger partial charge on any atom is -0.455 e. The standard InChI is InChI=1S/C19H18N4O4S/c1-12(20-19(26)13-6-3-2-4-7-13)10-17(25)27-11-16(24)21-14-8-5-9-15-18(14)23-28-22-15/h2-9,12H,10-11H2,1H3,(H,20,26)(H,21,24). The minimum absolute atomic E-state index is 0.0442. The van der Waals surface area contributed by atoms with E-state index >= 15 is 0 Å². The molecular weight excluding hydrogens is 380 g/mol. The minimum atomic E-state index is -0.579. The van der Waals surface area contributed by atoms with Gasteiger partial charge in [0.1, 0.15) is 11.0 Å². The van der Waals surface area contributed by atoms with Crippen LogP contribution in [0.25, 0.3) is 11.0 Å². The van der Waals surface area contributed by atoms with Gasteiger partial charge in [0.2, 0.25) is 0 Å². The number of ether oxygens (including phenoxy) is 1. The Bertz CT molecular complexity index is 990. The molecule has 2 aromatic carbocycles. The van der Waals surface area contributed by atoms with Crippen molar-refractivity contribution >= 4 is 46.2 Å². The zero-order valence-electron chi connectivity index (χ0n) is 15.0. The van der Waals surface area contributed by atoms with E-state index in [-0.39, 0.29) is 12.3 Å². The highest BCUT2D eigenvalue weighted by molar-refractivity contribution is 7.00. The van der Waals surface area contributed by atoms with Crippen LogP contribution >= 0.6 is 11.7 Å². The van der Waals surface area contributed by atoms with E-state index in [1.807, 2.05) is 6.07 Å². The van der Waals surface area contributed by atoms with Crippen molar-refractivity contribution < 1.29 is 19.1 Å². The maximum absolute atomic E-state index is 12.1. The van der Waals surface area contributed by atoms with Crippen LogP contribution < -0.4 is 10.6 Å². The van der Waals surface area contributed by atoms with Crippen LogP contribution in [0.2, 0.25) is 0 Å². The molecule has 2 N–H and O–H groups in total. The van der Waals surface area contributed by atoms with E-state index < -0.39 is 24.5 Å². The Balaban J connectivity index is 1.44. The summed E-state index contributed by atoms with van der Waals surface area (Å²) in [5.74, 6) is -1.33. The number of esters is 1. The average molecular weight is 398 g/mol. The Morgan fingerprint density at radius 2 is 1.86 bits per heavy atom. The van der Waals surface area contributed by atoms with Gasteiger partial charge in [0, 0.05) is 11.6 Å². The fourth-order valence-electron chi connectivity index (χ4n) is 2.50. The zero-order chi connectivity index (χ0) is 19.9. The molecule has 144 valence electrons. The molecular formula is C19H18N4O4S. The van der Waals surface area contributed by atoms with Crippen LogP contribution in [0, 0.1) is 0 Å². The molecule has 0 aliphatic rings. The Hall–Kier alpha value is -3.33. The van der Waals surface area contributed by atoms with E-state index in [4.69, 9.17) is 4.74 Å². The highest BCUT2D eigenvalue weighted by atomic mass is 32.1. The van der Waals surface area contributed by atoms with Gasteiger partial charge in [-0.25, -0.2) is 0 Å². The van der Waals surface area contributed by atoms with Crippen molar-refractivity contribution in [2.24, 2.45) is 0 Å². The topological polar surface area (TPSA) is 110 Å². The van der Waals surface area contributed by atoms with Crippen LogP contribution in [0.3, 0.4) is 0 Å². The molecule has 0 radical (unpaired) electrons.